The molecule has 2 amide bonds. The average molecular weight is 280 g/mol. The maximum Gasteiger partial charge on any atom is 0.249 e. The second-order valence-corrected chi connectivity index (χ2v) is 3.50. The fourth-order valence-corrected chi connectivity index (χ4v) is 1.41. The van der Waals surface area contributed by atoms with E-state index in [1.165, 1.54) is 0 Å². The van der Waals surface area contributed by atoms with Crippen molar-refractivity contribution in [3.8, 4) is 0 Å². The predicted octanol–water partition coefficient (Wildman–Crippen LogP) is 3.08. The Morgan fingerprint density at radius 1 is 1.30 bits per heavy atom. The van der Waals surface area contributed by atoms with Crippen LogP contribution in [0.3, 0.4) is 0 Å². The molecule has 0 spiro atoms. The molecule has 1 aliphatic heterocycles. The minimum atomic E-state index is -0.354. The quantitative estimate of drug-likeness (QED) is 0.614. The zero-order chi connectivity index (χ0) is 16.0. The van der Waals surface area contributed by atoms with Gasteiger partial charge in [-0.15, -0.1) is 0 Å². The lowest BCUT2D eigenvalue weighted by atomic mass is 10.1. The number of piperidine rings is 1. The summed E-state index contributed by atoms with van der Waals surface area (Å²) < 4.78 is 0. The lowest BCUT2D eigenvalue weighted by Gasteiger charge is -2.23. The van der Waals surface area contributed by atoms with Gasteiger partial charge in [-0.05, 0) is 25.5 Å². The number of amides is 2. The van der Waals surface area contributed by atoms with Crippen molar-refractivity contribution >= 4 is 11.8 Å². The number of carbonyl (C=O) groups excluding carboxylic acids is 2. The fraction of sp³-hybridized carbons (Fsp3) is 0.500. The highest BCUT2D eigenvalue weighted by Gasteiger charge is 2.26. The van der Waals surface area contributed by atoms with Gasteiger partial charge in [0.05, 0.1) is 0 Å². The van der Waals surface area contributed by atoms with Crippen molar-refractivity contribution in [3.63, 3.8) is 0 Å². The molecule has 1 unspecified atom stereocenters. The Morgan fingerprint density at radius 2 is 1.90 bits per heavy atom. The summed E-state index contributed by atoms with van der Waals surface area (Å²) in [4.78, 5) is 22.4. The lowest BCUT2D eigenvalue weighted by Crippen LogP contribution is -2.50. The van der Waals surface area contributed by atoms with E-state index < -0.39 is 0 Å². The van der Waals surface area contributed by atoms with E-state index >= 15 is 0 Å². The number of nitrogens with one attached hydrogen (secondary N) is 2. The van der Waals surface area contributed by atoms with Gasteiger partial charge in [-0.3, -0.25) is 14.9 Å². The summed E-state index contributed by atoms with van der Waals surface area (Å²) in [5.41, 5.74) is 0.771. The zero-order valence-corrected chi connectivity index (χ0v) is 13.3. The highest BCUT2D eigenvalue weighted by atomic mass is 16.2. The van der Waals surface area contributed by atoms with Crippen molar-refractivity contribution in [2.75, 3.05) is 0 Å². The molecule has 1 rings (SSSR count). The molecule has 0 saturated carbocycles. The standard InChI is InChI=1S/C12H16N2O2.2C2H6/c1-3-5-6-9(4-2)13-10-7-8-11(15)14-12(10)16;2*1-2/h3-6,10,13H,2,7-8H2,1H3,(H,14,15,16);2*1-2H3/b5-3-,9-6+;;. The summed E-state index contributed by atoms with van der Waals surface area (Å²) in [6.45, 7) is 13.6. The molecular formula is C16H28N2O2. The normalized spacial score (nSPS) is 18.2. The van der Waals surface area contributed by atoms with Crippen molar-refractivity contribution in [2.24, 2.45) is 0 Å². The number of rotatable bonds is 4. The second-order valence-electron chi connectivity index (χ2n) is 3.50. The molecule has 0 aromatic carbocycles. The lowest BCUT2D eigenvalue weighted by molar-refractivity contribution is -0.134. The van der Waals surface area contributed by atoms with Crippen LogP contribution in [0.5, 0.6) is 0 Å². The van der Waals surface area contributed by atoms with Gasteiger partial charge < -0.3 is 5.32 Å². The first-order chi connectivity index (χ1) is 9.67. The Hall–Kier alpha value is -1.84. The number of allylic oxidation sites excluding steroid dienone is 4. The Bertz CT molecular complexity index is 357. The van der Waals surface area contributed by atoms with Gasteiger partial charge in [0.25, 0.3) is 0 Å². The summed E-state index contributed by atoms with van der Waals surface area (Å²) >= 11 is 0. The van der Waals surface area contributed by atoms with E-state index in [0.29, 0.717) is 12.8 Å². The van der Waals surface area contributed by atoms with Crippen LogP contribution in [-0.2, 0) is 9.59 Å². The summed E-state index contributed by atoms with van der Waals surface area (Å²) in [6, 6.07) is -0.354. The Balaban J connectivity index is 0. The molecular weight excluding hydrogens is 252 g/mol. The van der Waals surface area contributed by atoms with Crippen molar-refractivity contribution in [2.45, 2.75) is 53.5 Å². The highest BCUT2D eigenvalue weighted by molar-refractivity contribution is 6.00. The molecule has 20 heavy (non-hydrogen) atoms. The van der Waals surface area contributed by atoms with Crippen LogP contribution < -0.4 is 10.6 Å². The molecule has 0 aliphatic carbocycles. The Morgan fingerprint density at radius 3 is 2.35 bits per heavy atom. The molecule has 1 aliphatic rings. The van der Waals surface area contributed by atoms with E-state index in [4.69, 9.17) is 0 Å². The molecule has 4 nitrogen and oxygen atoms in total. The zero-order valence-electron chi connectivity index (χ0n) is 13.3. The van der Waals surface area contributed by atoms with Crippen LogP contribution in [0.2, 0.25) is 0 Å². The van der Waals surface area contributed by atoms with E-state index in [2.05, 4.69) is 17.2 Å². The third kappa shape index (κ3) is 8.29. The van der Waals surface area contributed by atoms with Gasteiger partial charge in [0, 0.05) is 12.1 Å². The number of hydrogen-bond acceptors (Lipinski definition) is 3. The van der Waals surface area contributed by atoms with Crippen LogP contribution in [0.1, 0.15) is 47.5 Å². The smallest absolute Gasteiger partial charge is 0.249 e. The first-order valence-electron chi connectivity index (χ1n) is 7.23. The summed E-state index contributed by atoms with van der Waals surface area (Å²) in [6.07, 6.45) is 8.11. The summed E-state index contributed by atoms with van der Waals surface area (Å²) in [5.74, 6) is -0.481. The van der Waals surface area contributed by atoms with Crippen LogP contribution in [0, 0.1) is 0 Å². The first-order valence-corrected chi connectivity index (χ1v) is 7.23. The third-order valence-corrected chi connectivity index (χ3v) is 2.27. The molecule has 4 heteroatoms. The topological polar surface area (TPSA) is 58.2 Å². The van der Waals surface area contributed by atoms with E-state index in [-0.39, 0.29) is 17.9 Å². The number of carbonyl (C=O) groups is 2. The van der Waals surface area contributed by atoms with E-state index in [1.807, 2.05) is 52.8 Å². The van der Waals surface area contributed by atoms with Crippen LogP contribution in [-0.4, -0.2) is 17.9 Å². The Labute approximate surface area is 123 Å². The van der Waals surface area contributed by atoms with Gasteiger partial charge in [0.2, 0.25) is 11.8 Å². The third-order valence-electron chi connectivity index (χ3n) is 2.27. The molecule has 0 aromatic heterocycles. The summed E-state index contributed by atoms with van der Waals surface area (Å²) in [7, 11) is 0. The fourth-order valence-electron chi connectivity index (χ4n) is 1.41. The van der Waals surface area contributed by atoms with Crippen molar-refractivity contribution in [3.05, 3.63) is 36.6 Å². The molecule has 2 N–H and O–H groups in total. The highest BCUT2D eigenvalue weighted by Crippen LogP contribution is 2.06. The van der Waals surface area contributed by atoms with Crippen LogP contribution in [0.4, 0.5) is 0 Å². The Kier molecular flexibility index (Phi) is 13.9. The molecule has 1 saturated heterocycles. The maximum atomic E-state index is 11.5. The second kappa shape index (κ2) is 13.6. The van der Waals surface area contributed by atoms with Gasteiger partial charge in [0.1, 0.15) is 6.04 Å². The molecule has 1 heterocycles. The van der Waals surface area contributed by atoms with Crippen molar-refractivity contribution < 1.29 is 9.59 Å². The van der Waals surface area contributed by atoms with E-state index in [9.17, 15) is 9.59 Å². The first kappa shape index (κ1) is 20.5. The van der Waals surface area contributed by atoms with Gasteiger partial charge in [-0.2, -0.15) is 0 Å². The average Bonchev–Trinajstić information content (AvgIpc) is 2.49. The van der Waals surface area contributed by atoms with Gasteiger partial charge in [0.15, 0.2) is 0 Å². The van der Waals surface area contributed by atoms with Crippen LogP contribution >= 0.6 is 0 Å². The molecule has 0 aromatic rings. The van der Waals surface area contributed by atoms with Crippen molar-refractivity contribution in [1.29, 1.82) is 0 Å². The maximum absolute atomic E-state index is 11.5. The summed E-state index contributed by atoms with van der Waals surface area (Å²) in [5, 5.41) is 5.33. The molecule has 1 atom stereocenters. The molecule has 114 valence electrons. The van der Waals surface area contributed by atoms with Crippen molar-refractivity contribution in [1.82, 2.24) is 10.6 Å². The van der Waals surface area contributed by atoms with Crippen LogP contribution in [0.15, 0.2) is 36.6 Å². The SMILES string of the molecule is C=C/C(=C\C=C/C)NC1CCC(=O)NC1=O.CC.CC. The monoisotopic (exact) mass is 280 g/mol. The predicted molar refractivity (Wildman–Crippen MR) is 85.1 cm³/mol. The minimum absolute atomic E-state index is 0.208. The van der Waals surface area contributed by atoms with Crippen LogP contribution in [0.25, 0.3) is 0 Å². The largest absolute Gasteiger partial charge is 0.374 e. The van der Waals surface area contributed by atoms with E-state index in [0.717, 1.165) is 5.70 Å². The molecule has 0 radical (unpaired) electrons. The van der Waals surface area contributed by atoms with Gasteiger partial charge in [-0.1, -0.05) is 46.4 Å². The van der Waals surface area contributed by atoms with Gasteiger partial charge >= 0.3 is 0 Å². The van der Waals surface area contributed by atoms with Gasteiger partial charge in [-0.25, -0.2) is 0 Å². The molecule has 0 bridgehead atoms. The number of imide groups is 1. The molecule has 1 fully saturated rings. The van der Waals surface area contributed by atoms with E-state index in [1.54, 1.807) is 6.08 Å². The number of hydrogen-bond donors (Lipinski definition) is 2. The minimum Gasteiger partial charge on any atom is -0.374 e.